The molecule has 3 aromatic carbocycles. The quantitative estimate of drug-likeness (QED) is 0.287. The van der Waals surface area contributed by atoms with Gasteiger partial charge in [-0.3, -0.25) is 0 Å². The van der Waals surface area contributed by atoms with Gasteiger partial charge in [0.25, 0.3) is 0 Å². The summed E-state index contributed by atoms with van der Waals surface area (Å²) < 4.78 is 0. The van der Waals surface area contributed by atoms with E-state index in [9.17, 15) is 0 Å². The van der Waals surface area contributed by atoms with Crippen LogP contribution in [0.5, 0.6) is 0 Å². The Morgan fingerprint density at radius 1 is 0.533 bits per heavy atom. The lowest BCUT2D eigenvalue weighted by molar-refractivity contribution is 0.726. The molecular formula is C27H23N3. The first kappa shape index (κ1) is 17.2. The second-order valence-electron chi connectivity index (χ2n) is 8.03. The lowest BCUT2D eigenvalue weighted by Crippen LogP contribution is -2.02. The molecule has 0 atom stereocenters. The van der Waals surface area contributed by atoms with Gasteiger partial charge in [0.1, 0.15) is 0 Å². The van der Waals surface area contributed by atoms with Crippen LogP contribution in [0.25, 0.3) is 32.7 Å². The molecule has 0 bridgehead atoms. The van der Waals surface area contributed by atoms with Gasteiger partial charge in [0.15, 0.2) is 0 Å². The van der Waals surface area contributed by atoms with Crippen LogP contribution >= 0.6 is 0 Å². The largest absolute Gasteiger partial charge is 0.361 e. The topological polar surface area (TPSA) is 47.4 Å². The third-order valence-corrected chi connectivity index (χ3v) is 6.37. The predicted octanol–water partition coefficient (Wildman–Crippen LogP) is 6.90. The molecule has 0 amide bonds. The van der Waals surface area contributed by atoms with Gasteiger partial charge in [0.2, 0.25) is 0 Å². The van der Waals surface area contributed by atoms with Crippen molar-refractivity contribution in [3.63, 3.8) is 0 Å². The van der Waals surface area contributed by atoms with Crippen LogP contribution in [-0.2, 0) is 6.42 Å². The molecule has 0 aliphatic carbocycles. The van der Waals surface area contributed by atoms with E-state index >= 15 is 0 Å². The fourth-order valence-electron chi connectivity index (χ4n) is 4.88. The van der Waals surface area contributed by atoms with Gasteiger partial charge in [-0.05, 0) is 47.7 Å². The highest BCUT2D eigenvalue weighted by atomic mass is 14.7. The highest BCUT2D eigenvalue weighted by Crippen LogP contribution is 2.38. The van der Waals surface area contributed by atoms with Gasteiger partial charge in [0.05, 0.1) is 0 Å². The molecule has 0 saturated carbocycles. The van der Waals surface area contributed by atoms with Crippen LogP contribution in [0.15, 0.2) is 91.4 Å². The summed E-state index contributed by atoms with van der Waals surface area (Å²) >= 11 is 0. The summed E-state index contributed by atoms with van der Waals surface area (Å²) in [6.07, 6.45) is 8.64. The molecule has 146 valence electrons. The van der Waals surface area contributed by atoms with E-state index in [-0.39, 0.29) is 0 Å². The maximum Gasteiger partial charge on any atom is 0.0457 e. The van der Waals surface area contributed by atoms with Gasteiger partial charge in [-0.25, -0.2) is 0 Å². The van der Waals surface area contributed by atoms with E-state index in [2.05, 4.69) is 106 Å². The minimum Gasteiger partial charge on any atom is -0.361 e. The zero-order valence-corrected chi connectivity index (χ0v) is 16.7. The normalized spacial score (nSPS) is 11.9. The number of aryl methyl sites for hydroxylation is 1. The van der Waals surface area contributed by atoms with E-state index < -0.39 is 0 Å². The zero-order valence-electron chi connectivity index (χ0n) is 16.7. The number of H-pyrrole nitrogens is 3. The molecule has 30 heavy (non-hydrogen) atoms. The number of para-hydroxylation sites is 3. The fourth-order valence-corrected chi connectivity index (χ4v) is 4.88. The van der Waals surface area contributed by atoms with Crippen LogP contribution in [-0.4, -0.2) is 15.0 Å². The van der Waals surface area contributed by atoms with E-state index in [4.69, 9.17) is 0 Å². The average Bonchev–Trinajstić information content (AvgIpc) is 3.52. The maximum absolute atomic E-state index is 3.49. The summed E-state index contributed by atoms with van der Waals surface area (Å²) in [5.41, 5.74) is 7.73. The van der Waals surface area contributed by atoms with E-state index in [0.717, 1.165) is 12.8 Å². The van der Waals surface area contributed by atoms with E-state index in [1.54, 1.807) is 0 Å². The Morgan fingerprint density at radius 2 is 1.00 bits per heavy atom. The number of rotatable bonds is 5. The molecule has 0 saturated heterocycles. The van der Waals surface area contributed by atoms with Crippen molar-refractivity contribution in [2.45, 2.75) is 18.8 Å². The molecular weight excluding hydrogens is 366 g/mol. The predicted molar refractivity (Wildman–Crippen MR) is 125 cm³/mol. The molecule has 0 aliphatic heterocycles. The number of hydrogen-bond acceptors (Lipinski definition) is 0. The third-order valence-electron chi connectivity index (χ3n) is 6.37. The van der Waals surface area contributed by atoms with Crippen LogP contribution in [0.3, 0.4) is 0 Å². The Morgan fingerprint density at radius 3 is 1.60 bits per heavy atom. The number of hydrogen-bond donors (Lipinski definition) is 3. The molecule has 6 aromatic rings. The van der Waals surface area contributed by atoms with Crippen molar-refractivity contribution in [3.8, 4) is 0 Å². The molecule has 3 heteroatoms. The van der Waals surface area contributed by atoms with Crippen molar-refractivity contribution >= 4 is 32.7 Å². The minimum absolute atomic E-state index is 0.311. The van der Waals surface area contributed by atoms with Crippen LogP contribution in [0.1, 0.15) is 29.0 Å². The SMILES string of the molecule is c1ccc2c(CCC(c3c[nH]c4ccccc34)c3c[nH]c4ccccc34)c[nH]c2c1. The minimum atomic E-state index is 0.311. The molecule has 3 heterocycles. The van der Waals surface area contributed by atoms with E-state index in [0.29, 0.717) is 5.92 Å². The maximum atomic E-state index is 3.49. The van der Waals surface area contributed by atoms with Crippen molar-refractivity contribution in [2.75, 3.05) is 0 Å². The number of aromatic nitrogens is 3. The van der Waals surface area contributed by atoms with Gasteiger partial charge in [0, 0.05) is 57.2 Å². The number of benzene rings is 3. The average molecular weight is 390 g/mol. The molecule has 0 aliphatic rings. The summed E-state index contributed by atoms with van der Waals surface area (Å²) in [5.74, 6) is 0.311. The van der Waals surface area contributed by atoms with Crippen molar-refractivity contribution in [1.29, 1.82) is 0 Å². The fraction of sp³-hybridized carbons (Fsp3) is 0.111. The molecule has 3 N–H and O–H groups in total. The Hall–Kier alpha value is -3.72. The van der Waals surface area contributed by atoms with Crippen LogP contribution < -0.4 is 0 Å². The lowest BCUT2D eigenvalue weighted by Gasteiger charge is -2.16. The second-order valence-corrected chi connectivity index (χ2v) is 8.03. The van der Waals surface area contributed by atoms with Crippen LogP contribution in [0, 0.1) is 0 Å². The molecule has 0 radical (unpaired) electrons. The molecule has 3 aromatic heterocycles. The van der Waals surface area contributed by atoms with Crippen molar-refractivity contribution in [3.05, 3.63) is 108 Å². The van der Waals surface area contributed by atoms with Gasteiger partial charge >= 0.3 is 0 Å². The first-order valence-electron chi connectivity index (χ1n) is 10.6. The highest BCUT2D eigenvalue weighted by Gasteiger charge is 2.21. The number of fused-ring (bicyclic) bond motifs is 3. The Kier molecular flexibility index (Phi) is 3.98. The zero-order chi connectivity index (χ0) is 19.9. The first-order chi connectivity index (χ1) is 14.9. The van der Waals surface area contributed by atoms with Gasteiger partial charge in [-0.2, -0.15) is 0 Å². The molecule has 0 unspecified atom stereocenters. The summed E-state index contributed by atoms with van der Waals surface area (Å²) in [5, 5.41) is 3.95. The summed E-state index contributed by atoms with van der Waals surface area (Å²) in [6, 6.07) is 25.8. The van der Waals surface area contributed by atoms with Crippen molar-refractivity contribution in [2.24, 2.45) is 0 Å². The standard InChI is InChI=1S/C27H23N3/c1-4-10-25-19(7-1)18(15-28-25)13-14-20(23-16-29-26-11-5-2-8-21(23)26)24-17-30-27-12-6-3-9-22(24)27/h1-12,15-17,20,28-30H,13-14H2. The van der Waals surface area contributed by atoms with Gasteiger partial charge in [-0.1, -0.05) is 54.6 Å². The Balaban J connectivity index is 1.45. The number of nitrogens with one attached hydrogen (secondary N) is 3. The number of aromatic amines is 3. The molecule has 0 fully saturated rings. The van der Waals surface area contributed by atoms with E-state index in [1.807, 2.05) is 0 Å². The molecule has 0 spiro atoms. The summed E-state index contributed by atoms with van der Waals surface area (Å²) in [6.45, 7) is 0. The molecule has 3 nitrogen and oxygen atoms in total. The molecule has 6 rings (SSSR count). The lowest BCUT2D eigenvalue weighted by atomic mass is 9.86. The summed E-state index contributed by atoms with van der Waals surface area (Å²) in [4.78, 5) is 10.4. The van der Waals surface area contributed by atoms with Crippen molar-refractivity contribution < 1.29 is 0 Å². The smallest absolute Gasteiger partial charge is 0.0457 e. The Bertz CT molecular complexity index is 1390. The third kappa shape index (κ3) is 2.74. The van der Waals surface area contributed by atoms with Crippen molar-refractivity contribution in [1.82, 2.24) is 15.0 Å². The monoisotopic (exact) mass is 389 g/mol. The second kappa shape index (κ2) is 6.96. The van der Waals surface area contributed by atoms with Crippen LogP contribution in [0.4, 0.5) is 0 Å². The Labute approximate surface area is 174 Å². The summed E-state index contributed by atoms with van der Waals surface area (Å²) in [7, 11) is 0. The van der Waals surface area contributed by atoms with Crippen LogP contribution in [0.2, 0.25) is 0 Å². The highest BCUT2D eigenvalue weighted by molar-refractivity contribution is 5.88. The van der Waals surface area contributed by atoms with Gasteiger partial charge in [-0.15, -0.1) is 0 Å². The van der Waals surface area contributed by atoms with E-state index in [1.165, 1.54) is 49.4 Å². The van der Waals surface area contributed by atoms with Gasteiger partial charge < -0.3 is 15.0 Å². The first-order valence-corrected chi connectivity index (χ1v) is 10.6.